The topological polar surface area (TPSA) is 144 Å². The number of ether oxygens (including phenoxy) is 1. The molecule has 0 bridgehead atoms. The lowest BCUT2D eigenvalue weighted by molar-refractivity contribution is -0.144. The molecule has 3 heterocycles. The van der Waals surface area contributed by atoms with Crippen molar-refractivity contribution in [3.63, 3.8) is 0 Å². The highest BCUT2D eigenvalue weighted by Gasteiger charge is 2.44. The van der Waals surface area contributed by atoms with Gasteiger partial charge in [-0.1, -0.05) is 106 Å². The summed E-state index contributed by atoms with van der Waals surface area (Å²) in [6.07, 6.45) is -0.542. The second-order valence-corrected chi connectivity index (χ2v) is 17.1. The molecule has 12 nitrogen and oxygen atoms in total. The highest BCUT2D eigenvalue weighted by Crippen LogP contribution is 2.31. The zero-order valence-electron chi connectivity index (χ0n) is 33.9. The summed E-state index contributed by atoms with van der Waals surface area (Å²) < 4.78 is 5.72. The Morgan fingerprint density at radius 3 is 2.09 bits per heavy atom. The van der Waals surface area contributed by atoms with E-state index in [4.69, 9.17) is 4.74 Å². The minimum atomic E-state index is -0.938. The Morgan fingerprint density at radius 1 is 0.879 bits per heavy atom. The number of amides is 4. The monoisotopic (exact) mass is 808 g/mol. The maximum absolute atomic E-state index is 14.0. The van der Waals surface area contributed by atoms with Crippen LogP contribution in [0.5, 0.6) is 0 Å². The van der Waals surface area contributed by atoms with Gasteiger partial charge in [0.1, 0.15) is 12.1 Å². The van der Waals surface area contributed by atoms with E-state index in [1.165, 1.54) is 16.0 Å². The number of nitrogens with one attached hydrogen (secondary N) is 2. The number of likely N-dealkylation sites (tertiary alicyclic amines) is 1. The fraction of sp³-hybridized carbons (Fsp3) is 0.444. The Bertz CT molecular complexity index is 1940. The number of aliphatic hydroxyl groups excluding tert-OH is 1. The quantitative estimate of drug-likeness (QED) is 0.143. The summed E-state index contributed by atoms with van der Waals surface area (Å²) in [5.41, 5.74) is 6.51. The third-order valence-corrected chi connectivity index (χ3v) is 11.9. The molecular weight excluding hydrogens is 753 g/mol. The van der Waals surface area contributed by atoms with Gasteiger partial charge in [0, 0.05) is 52.1 Å². The van der Waals surface area contributed by atoms with Crippen LogP contribution >= 0.6 is 11.3 Å². The Morgan fingerprint density at radius 2 is 1.50 bits per heavy atom. The zero-order chi connectivity index (χ0) is 41.2. The van der Waals surface area contributed by atoms with E-state index in [2.05, 4.69) is 69.0 Å². The van der Waals surface area contributed by atoms with Gasteiger partial charge in [-0.2, -0.15) is 0 Å². The van der Waals surface area contributed by atoms with E-state index < -0.39 is 29.5 Å². The molecule has 0 radical (unpaired) electrons. The van der Waals surface area contributed by atoms with Crippen LogP contribution in [0.15, 0.2) is 90.4 Å². The van der Waals surface area contributed by atoms with E-state index in [-0.39, 0.29) is 69.3 Å². The van der Waals surface area contributed by atoms with Crippen LogP contribution in [0.25, 0.3) is 10.4 Å². The minimum Gasteiger partial charge on any atom is -0.391 e. The summed E-state index contributed by atoms with van der Waals surface area (Å²) in [6, 6.07) is 27.1. The Kier molecular flexibility index (Phi) is 14.5. The second-order valence-electron chi connectivity index (χ2n) is 16.2. The third kappa shape index (κ3) is 11.0. The second kappa shape index (κ2) is 19.7. The first-order valence-electron chi connectivity index (χ1n) is 20.1. The van der Waals surface area contributed by atoms with Crippen molar-refractivity contribution in [3.05, 3.63) is 113 Å². The molecule has 0 aliphatic carbocycles. The van der Waals surface area contributed by atoms with Crippen molar-refractivity contribution in [2.75, 3.05) is 45.9 Å². The van der Waals surface area contributed by atoms with Gasteiger partial charge in [0.25, 0.3) is 0 Å². The lowest BCUT2D eigenvalue weighted by atomic mass is 9.85. The molecule has 2 aliphatic rings. The number of benzene rings is 3. The first-order valence-corrected chi connectivity index (χ1v) is 21.0. The number of aryl methyl sites for hydroxylation is 1. The zero-order valence-corrected chi connectivity index (χ0v) is 34.7. The van der Waals surface area contributed by atoms with Gasteiger partial charge in [0.05, 0.1) is 47.9 Å². The highest BCUT2D eigenvalue weighted by molar-refractivity contribution is 7.13. The van der Waals surface area contributed by atoms with Crippen molar-refractivity contribution in [1.29, 1.82) is 0 Å². The number of nitrogens with zero attached hydrogens (tertiary/aromatic N) is 4. The van der Waals surface area contributed by atoms with Crippen molar-refractivity contribution < 1.29 is 29.0 Å². The van der Waals surface area contributed by atoms with Gasteiger partial charge in [-0.25, -0.2) is 4.98 Å². The standard InChI is InChI=1S/C45H56N6O6S/c1-31-41(58-30-47-31)35-17-15-32(16-18-35)28-46-43(55)37-27-36(52)29-51(37)44(56)42(45(2,3)4)48-38(53)19-25-57-26-20-39(54)49-21-23-50(24-22-49)40(33-11-7-5-8-12-33)34-13-9-6-10-14-34/h5-18,30,36-37,40,42,52H,19-29H2,1-4H3,(H,46,55)(H,48,53)/t36-,37+,42-/m1/s1. The average molecular weight is 809 g/mol. The van der Waals surface area contributed by atoms with E-state index in [1.54, 1.807) is 11.3 Å². The largest absolute Gasteiger partial charge is 0.391 e. The molecule has 4 aromatic rings. The van der Waals surface area contributed by atoms with Crippen LogP contribution in [0.3, 0.4) is 0 Å². The van der Waals surface area contributed by atoms with Crippen LogP contribution in [0.1, 0.15) is 68.5 Å². The molecule has 58 heavy (non-hydrogen) atoms. The van der Waals surface area contributed by atoms with E-state index in [1.807, 2.05) is 74.5 Å². The Labute approximate surface area is 345 Å². The third-order valence-electron chi connectivity index (χ3n) is 10.9. The Balaban J connectivity index is 0.935. The maximum atomic E-state index is 14.0. The molecule has 3 aromatic carbocycles. The molecular formula is C45H56N6O6S. The van der Waals surface area contributed by atoms with E-state index >= 15 is 0 Å². The normalized spacial score (nSPS) is 18.0. The van der Waals surface area contributed by atoms with Crippen LogP contribution in [0, 0.1) is 12.3 Å². The van der Waals surface area contributed by atoms with Gasteiger partial charge in [-0.05, 0) is 34.6 Å². The first-order chi connectivity index (χ1) is 27.9. The minimum absolute atomic E-state index is 0.000972. The lowest BCUT2D eigenvalue weighted by Gasteiger charge is -2.39. The van der Waals surface area contributed by atoms with E-state index in [0.717, 1.165) is 34.8 Å². The molecule has 3 N–H and O–H groups in total. The average Bonchev–Trinajstić information content (AvgIpc) is 3.84. The van der Waals surface area contributed by atoms with Crippen LogP contribution in [-0.2, 0) is 30.5 Å². The number of rotatable bonds is 15. The summed E-state index contributed by atoms with van der Waals surface area (Å²) in [5, 5.41) is 16.4. The molecule has 308 valence electrons. The molecule has 6 rings (SSSR count). The van der Waals surface area contributed by atoms with Crippen LogP contribution in [0.2, 0.25) is 0 Å². The van der Waals surface area contributed by atoms with Crippen molar-refractivity contribution >= 4 is 35.0 Å². The van der Waals surface area contributed by atoms with Gasteiger partial charge in [0.2, 0.25) is 23.6 Å². The molecule has 2 saturated heterocycles. The summed E-state index contributed by atoms with van der Waals surface area (Å²) >= 11 is 1.58. The van der Waals surface area contributed by atoms with Gasteiger partial charge < -0.3 is 30.3 Å². The SMILES string of the molecule is Cc1ncsc1-c1ccc(CNC(=O)[C@@H]2C[C@@H](O)CN2C(=O)[C@@H](NC(=O)CCOCCC(=O)N2CCN(C(c3ccccc3)c3ccccc3)CC2)C(C)(C)C)cc1. The first kappa shape index (κ1) is 42.7. The van der Waals surface area contributed by atoms with Crippen molar-refractivity contribution in [1.82, 2.24) is 30.3 Å². The number of thiazole rings is 1. The highest BCUT2D eigenvalue weighted by atomic mass is 32.1. The summed E-state index contributed by atoms with van der Waals surface area (Å²) in [5.74, 6) is -1.14. The molecule has 0 saturated carbocycles. The lowest BCUT2D eigenvalue weighted by Crippen LogP contribution is -2.57. The summed E-state index contributed by atoms with van der Waals surface area (Å²) in [6.45, 7) is 10.8. The Hall–Kier alpha value is -4.95. The number of aliphatic hydroxyl groups is 1. The van der Waals surface area contributed by atoms with Gasteiger partial charge in [-0.3, -0.25) is 24.1 Å². The van der Waals surface area contributed by atoms with Crippen LogP contribution in [-0.4, -0.2) is 113 Å². The van der Waals surface area contributed by atoms with Crippen LogP contribution < -0.4 is 10.6 Å². The fourth-order valence-electron chi connectivity index (χ4n) is 7.71. The molecule has 0 spiro atoms. The molecule has 4 amide bonds. The van der Waals surface area contributed by atoms with E-state index in [0.29, 0.717) is 13.1 Å². The van der Waals surface area contributed by atoms with Crippen molar-refractivity contribution in [2.45, 2.75) is 77.7 Å². The van der Waals surface area contributed by atoms with Gasteiger partial charge >= 0.3 is 0 Å². The number of carbonyl (C=O) groups excluding carboxylic acids is 4. The molecule has 13 heteroatoms. The maximum Gasteiger partial charge on any atom is 0.246 e. The molecule has 2 fully saturated rings. The molecule has 3 atom stereocenters. The number of piperazine rings is 1. The fourth-order valence-corrected chi connectivity index (χ4v) is 8.52. The summed E-state index contributed by atoms with van der Waals surface area (Å²) in [4.78, 5) is 64.7. The number of hydrogen-bond acceptors (Lipinski definition) is 9. The van der Waals surface area contributed by atoms with Gasteiger partial charge in [0.15, 0.2) is 0 Å². The van der Waals surface area contributed by atoms with Gasteiger partial charge in [-0.15, -0.1) is 11.3 Å². The van der Waals surface area contributed by atoms with Crippen molar-refractivity contribution in [2.24, 2.45) is 5.41 Å². The summed E-state index contributed by atoms with van der Waals surface area (Å²) in [7, 11) is 0. The van der Waals surface area contributed by atoms with E-state index in [9.17, 15) is 24.3 Å². The predicted octanol–water partition coefficient (Wildman–Crippen LogP) is 4.96. The number of hydrogen-bond donors (Lipinski definition) is 3. The number of β-amino-alcohol motifs (C(OH)–C–C–N with tert-alkyl or cyclic N) is 1. The molecule has 0 unspecified atom stereocenters. The smallest absolute Gasteiger partial charge is 0.246 e. The predicted molar refractivity (Wildman–Crippen MR) is 225 cm³/mol. The molecule has 2 aliphatic heterocycles. The van der Waals surface area contributed by atoms with Crippen LogP contribution in [0.4, 0.5) is 0 Å². The number of carbonyl (C=O) groups is 4. The number of aromatic nitrogens is 1. The van der Waals surface area contributed by atoms with Crippen molar-refractivity contribution in [3.8, 4) is 10.4 Å². The molecule has 1 aromatic heterocycles.